The number of imidazole rings is 1. The molecule has 0 saturated heterocycles. The SMILES string of the molecule is CC(C)C(NC(=O)c1ccc(-n2cccc2)cc1)c1nc2ccccc2[nH]1. The molecule has 0 saturated carbocycles. The molecule has 2 aromatic carbocycles. The topological polar surface area (TPSA) is 62.7 Å². The van der Waals surface area contributed by atoms with Crippen molar-refractivity contribution >= 4 is 16.9 Å². The lowest BCUT2D eigenvalue weighted by atomic mass is 10.0. The molecule has 2 heterocycles. The summed E-state index contributed by atoms with van der Waals surface area (Å²) in [6, 6.07) is 19.2. The van der Waals surface area contributed by atoms with Gasteiger partial charge in [-0.15, -0.1) is 0 Å². The lowest BCUT2D eigenvalue weighted by Crippen LogP contribution is -2.32. The first-order valence-corrected chi connectivity index (χ1v) is 9.11. The van der Waals surface area contributed by atoms with Crippen molar-refractivity contribution in [1.29, 1.82) is 0 Å². The number of aromatic amines is 1. The molecule has 5 heteroatoms. The number of amides is 1. The number of carbonyl (C=O) groups excluding carboxylic acids is 1. The first-order valence-electron chi connectivity index (χ1n) is 9.11. The molecule has 0 aliphatic rings. The summed E-state index contributed by atoms with van der Waals surface area (Å²) in [4.78, 5) is 20.8. The molecule has 0 radical (unpaired) electrons. The predicted molar refractivity (Wildman–Crippen MR) is 107 cm³/mol. The third kappa shape index (κ3) is 3.49. The van der Waals surface area contributed by atoms with Crippen LogP contribution in [0.15, 0.2) is 73.1 Å². The van der Waals surface area contributed by atoms with Crippen LogP contribution < -0.4 is 5.32 Å². The van der Waals surface area contributed by atoms with Crippen molar-refractivity contribution in [1.82, 2.24) is 19.9 Å². The third-order valence-electron chi connectivity index (χ3n) is 4.69. The van der Waals surface area contributed by atoms with Gasteiger partial charge in [0, 0.05) is 23.6 Å². The molecule has 4 rings (SSSR count). The van der Waals surface area contributed by atoms with Crippen LogP contribution in [0.1, 0.15) is 36.1 Å². The van der Waals surface area contributed by atoms with Crippen molar-refractivity contribution < 1.29 is 4.79 Å². The normalized spacial score (nSPS) is 12.4. The van der Waals surface area contributed by atoms with Crippen LogP contribution >= 0.6 is 0 Å². The minimum Gasteiger partial charge on any atom is -0.342 e. The van der Waals surface area contributed by atoms with Gasteiger partial charge in [0.1, 0.15) is 5.82 Å². The Morgan fingerprint density at radius 1 is 1.00 bits per heavy atom. The van der Waals surface area contributed by atoms with E-state index in [0.717, 1.165) is 22.5 Å². The van der Waals surface area contributed by atoms with Gasteiger partial charge in [-0.05, 0) is 54.4 Å². The van der Waals surface area contributed by atoms with Crippen LogP contribution in [0.3, 0.4) is 0 Å². The van der Waals surface area contributed by atoms with Crippen LogP contribution in [0.2, 0.25) is 0 Å². The first-order chi connectivity index (χ1) is 13.1. The monoisotopic (exact) mass is 358 g/mol. The van der Waals surface area contributed by atoms with Gasteiger partial charge in [-0.3, -0.25) is 4.79 Å². The van der Waals surface area contributed by atoms with E-state index >= 15 is 0 Å². The number of hydrogen-bond donors (Lipinski definition) is 2. The third-order valence-corrected chi connectivity index (χ3v) is 4.69. The van der Waals surface area contributed by atoms with Crippen LogP contribution in [0, 0.1) is 5.92 Å². The molecule has 4 aromatic rings. The molecular formula is C22H22N4O. The van der Waals surface area contributed by atoms with E-state index in [1.807, 2.05) is 77.6 Å². The summed E-state index contributed by atoms with van der Waals surface area (Å²) in [6.07, 6.45) is 3.96. The number of fused-ring (bicyclic) bond motifs is 1. The van der Waals surface area contributed by atoms with Crippen molar-refractivity contribution in [2.45, 2.75) is 19.9 Å². The summed E-state index contributed by atoms with van der Waals surface area (Å²) in [6.45, 7) is 4.15. The lowest BCUT2D eigenvalue weighted by Gasteiger charge is -2.20. The van der Waals surface area contributed by atoms with E-state index in [1.165, 1.54) is 0 Å². The summed E-state index contributed by atoms with van der Waals surface area (Å²) >= 11 is 0. The zero-order valence-electron chi connectivity index (χ0n) is 15.4. The summed E-state index contributed by atoms with van der Waals surface area (Å²) in [5, 5.41) is 3.12. The molecule has 1 atom stereocenters. The van der Waals surface area contributed by atoms with E-state index in [-0.39, 0.29) is 17.9 Å². The molecule has 136 valence electrons. The number of H-pyrrole nitrogens is 1. The Kier molecular flexibility index (Phi) is 4.50. The lowest BCUT2D eigenvalue weighted by molar-refractivity contribution is 0.0923. The van der Waals surface area contributed by atoms with Gasteiger partial charge >= 0.3 is 0 Å². The Morgan fingerprint density at radius 3 is 2.37 bits per heavy atom. The van der Waals surface area contributed by atoms with Gasteiger partial charge in [0.25, 0.3) is 5.91 Å². The highest BCUT2D eigenvalue weighted by molar-refractivity contribution is 5.94. The van der Waals surface area contributed by atoms with Crippen molar-refractivity contribution in [2.24, 2.45) is 5.92 Å². The molecule has 0 spiro atoms. The number of benzene rings is 2. The molecule has 0 fully saturated rings. The largest absolute Gasteiger partial charge is 0.342 e. The van der Waals surface area contributed by atoms with Crippen LogP contribution in [0.4, 0.5) is 0 Å². The summed E-state index contributed by atoms with van der Waals surface area (Å²) < 4.78 is 2.01. The zero-order chi connectivity index (χ0) is 18.8. The molecule has 0 aliphatic heterocycles. The van der Waals surface area contributed by atoms with Crippen LogP contribution in [0.25, 0.3) is 16.7 Å². The fourth-order valence-corrected chi connectivity index (χ4v) is 3.19. The Bertz CT molecular complexity index is 1010. The van der Waals surface area contributed by atoms with Gasteiger partial charge < -0.3 is 14.9 Å². The second-order valence-corrected chi connectivity index (χ2v) is 6.97. The van der Waals surface area contributed by atoms with E-state index in [1.54, 1.807) is 0 Å². The predicted octanol–water partition coefficient (Wildman–Crippen LogP) is 4.48. The minimum absolute atomic E-state index is 0.104. The molecule has 1 unspecified atom stereocenters. The molecule has 1 amide bonds. The van der Waals surface area contributed by atoms with Crippen molar-refractivity contribution in [3.8, 4) is 5.69 Å². The van der Waals surface area contributed by atoms with Gasteiger partial charge in [0.15, 0.2) is 0 Å². The average Bonchev–Trinajstić information content (AvgIpc) is 3.35. The van der Waals surface area contributed by atoms with Gasteiger partial charge in [0.05, 0.1) is 17.1 Å². The highest BCUT2D eigenvalue weighted by Crippen LogP contribution is 2.23. The van der Waals surface area contributed by atoms with Crippen molar-refractivity contribution in [3.05, 3.63) is 84.4 Å². The quantitative estimate of drug-likeness (QED) is 0.552. The summed E-state index contributed by atoms with van der Waals surface area (Å²) in [7, 11) is 0. The Balaban J connectivity index is 1.55. The van der Waals surface area contributed by atoms with Crippen LogP contribution in [-0.2, 0) is 0 Å². The minimum atomic E-state index is -0.186. The molecule has 2 N–H and O–H groups in total. The number of aromatic nitrogens is 3. The van der Waals surface area contributed by atoms with Crippen LogP contribution in [0.5, 0.6) is 0 Å². The maximum atomic E-state index is 12.8. The fraction of sp³-hybridized carbons (Fsp3) is 0.182. The Labute approximate surface area is 158 Å². The second-order valence-electron chi connectivity index (χ2n) is 6.97. The van der Waals surface area contributed by atoms with Crippen molar-refractivity contribution in [3.63, 3.8) is 0 Å². The number of rotatable bonds is 5. The Morgan fingerprint density at radius 2 is 1.70 bits per heavy atom. The van der Waals surface area contributed by atoms with E-state index in [2.05, 4.69) is 29.1 Å². The number of hydrogen-bond acceptors (Lipinski definition) is 2. The first kappa shape index (κ1) is 17.1. The number of nitrogens with zero attached hydrogens (tertiary/aromatic N) is 2. The van der Waals surface area contributed by atoms with Gasteiger partial charge in [-0.25, -0.2) is 4.98 Å². The standard InChI is InChI=1S/C22H22N4O/c1-15(2)20(21-23-18-7-3-4-8-19(18)24-21)25-22(27)16-9-11-17(12-10-16)26-13-5-6-14-26/h3-15,20H,1-2H3,(H,23,24)(H,25,27). The maximum absolute atomic E-state index is 12.8. The summed E-state index contributed by atoms with van der Waals surface area (Å²) in [5.74, 6) is 0.880. The fourth-order valence-electron chi connectivity index (χ4n) is 3.19. The molecule has 0 aliphatic carbocycles. The van der Waals surface area contributed by atoms with Crippen LogP contribution in [-0.4, -0.2) is 20.4 Å². The zero-order valence-corrected chi connectivity index (χ0v) is 15.4. The average molecular weight is 358 g/mol. The Hall–Kier alpha value is -3.34. The molecule has 27 heavy (non-hydrogen) atoms. The van der Waals surface area contributed by atoms with Crippen molar-refractivity contribution in [2.75, 3.05) is 0 Å². The van der Waals surface area contributed by atoms with E-state index in [0.29, 0.717) is 5.56 Å². The van der Waals surface area contributed by atoms with Gasteiger partial charge in [-0.1, -0.05) is 26.0 Å². The molecule has 5 nitrogen and oxygen atoms in total. The van der Waals surface area contributed by atoms with E-state index in [9.17, 15) is 4.79 Å². The van der Waals surface area contributed by atoms with Gasteiger partial charge in [0.2, 0.25) is 0 Å². The van der Waals surface area contributed by atoms with Gasteiger partial charge in [-0.2, -0.15) is 0 Å². The smallest absolute Gasteiger partial charge is 0.251 e. The second kappa shape index (κ2) is 7.11. The highest BCUT2D eigenvalue weighted by atomic mass is 16.1. The maximum Gasteiger partial charge on any atom is 0.251 e. The van der Waals surface area contributed by atoms with E-state index in [4.69, 9.17) is 0 Å². The van der Waals surface area contributed by atoms with E-state index < -0.39 is 0 Å². The number of carbonyl (C=O) groups is 1. The highest BCUT2D eigenvalue weighted by Gasteiger charge is 2.22. The molecular weight excluding hydrogens is 336 g/mol. The molecule has 2 aromatic heterocycles. The summed E-state index contributed by atoms with van der Waals surface area (Å²) in [5.41, 5.74) is 3.54. The molecule has 0 bridgehead atoms. The number of nitrogens with one attached hydrogen (secondary N) is 2. The number of para-hydroxylation sites is 2.